The summed E-state index contributed by atoms with van der Waals surface area (Å²) < 4.78 is 60.7. The third kappa shape index (κ3) is 7.51. The first kappa shape index (κ1) is 31.1. The van der Waals surface area contributed by atoms with Crippen molar-refractivity contribution in [3.8, 4) is 0 Å². The fourth-order valence-electron chi connectivity index (χ4n) is 4.44. The normalized spacial score (nSPS) is 16.4. The number of benzene rings is 3. The summed E-state index contributed by atoms with van der Waals surface area (Å²) in [5.41, 5.74) is -0.316. The predicted molar refractivity (Wildman–Crippen MR) is 153 cm³/mol. The molecule has 0 aliphatic carbocycles. The van der Waals surface area contributed by atoms with E-state index in [1.54, 1.807) is 45.0 Å². The molecule has 0 saturated carbocycles. The molecule has 0 radical (unpaired) electrons. The first-order valence-electron chi connectivity index (χ1n) is 13.0. The van der Waals surface area contributed by atoms with Gasteiger partial charge in [0, 0.05) is 11.4 Å². The summed E-state index contributed by atoms with van der Waals surface area (Å²) in [5.74, 6) is -3.79. The highest BCUT2D eigenvalue weighted by Gasteiger charge is 2.40. The van der Waals surface area contributed by atoms with Crippen LogP contribution in [0.2, 0.25) is 5.02 Å². The molecule has 3 aromatic carbocycles. The van der Waals surface area contributed by atoms with E-state index >= 15 is 4.39 Å². The van der Waals surface area contributed by atoms with Crippen molar-refractivity contribution in [2.45, 2.75) is 56.7 Å². The minimum Gasteiger partial charge on any atom is -0.444 e. The molecule has 0 spiro atoms. The van der Waals surface area contributed by atoms with Crippen molar-refractivity contribution in [2.75, 3.05) is 10.7 Å². The van der Waals surface area contributed by atoms with Crippen LogP contribution in [0, 0.1) is 11.6 Å². The minimum atomic E-state index is -4.35. The van der Waals surface area contributed by atoms with Crippen molar-refractivity contribution in [2.24, 2.45) is 0 Å². The molecule has 0 bridgehead atoms. The number of ketones is 1. The lowest BCUT2D eigenvalue weighted by Crippen LogP contribution is -2.51. The van der Waals surface area contributed by atoms with Crippen molar-refractivity contribution in [3.05, 3.63) is 94.0 Å². The number of nitrogens with one attached hydrogen (secondary N) is 1. The Morgan fingerprint density at radius 3 is 2.26 bits per heavy atom. The number of aryl methyl sites for hydroxylation is 1. The van der Waals surface area contributed by atoms with E-state index < -0.39 is 67.1 Å². The Balaban J connectivity index is 1.74. The van der Waals surface area contributed by atoms with Crippen LogP contribution in [0.15, 0.2) is 65.6 Å². The van der Waals surface area contributed by atoms with Gasteiger partial charge < -0.3 is 15.0 Å². The third-order valence-electron chi connectivity index (χ3n) is 6.42. The fourth-order valence-corrected chi connectivity index (χ4v) is 6.18. The lowest BCUT2D eigenvalue weighted by atomic mass is 10.0. The van der Waals surface area contributed by atoms with Crippen LogP contribution in [0.4, 0.5) is 19.3 Å². The molecule has 42 heavy (non-hydrogen) atoms. The van der Waals surface area contributed by atoms with Crippen molar-refractivity contribution in [1.82, 2.24) is 5.32 Å². The summed E-state index contributed by atoms with van der Waals surface area (Å²) in [6.07, 6.45) is -0.970. The highest BCUT2D eigenvalue weighted by molar-refractivity contribution is 7.91. The van der Waals surface area contributed by atoms with Crippen molar-refractivity contribution < 1.29 is 36.3 Å². The number of nitrogens with zero attached hydrogens (tertiary/aromatic N) is 1. The Morgan fingerprint density at radius 1 is 1.02 bits per heavy atom. The number of fused-ring (bicyclic) bond motifs is 1. The van der Waals surface area contributed by atoms with E-state index in [2.05, 4.69) is 5.32 Å². The molecule has 12 heteroatoms. The van der Waals surface area contributed by atoms with E-state index in [-0.39, 0.29) is 25.1 Å². The number of rotatable bonds is 7. The van der Waals surface area contributed by atoms with Gasteiger partial charge in [-0.3, -0.25) is 9.59 Å². The molecule has 1 aliphatic heterocycles. The molecule has 8 nitrogen and oxygen atoms in total. The van der Waals surface area contributed by atoms with Crippen molar-refractivity contribution >= 4 is 44.9 Å². The second kappa shape index (κ2) is 12.2. The molecule has 2 amide bonds. The van der Waals surface area contributed by atoms with Gasteiger partial charge in [-0.2, -0.15) is 0 Å². The van der Waals surface area contributed by atoms with E-state index in [0.29, 0.717) is 16.1 Å². The van der Waals surface area contributed by atoms with Gasteiger partial charge in [0.2, 0.25) is 0 Å². The van der Waals surface area contributed by atoms with E-state index in [0.717, 1.165) is 17.0 Å². The van der Waals surface area contributed by atoms with Crippen LogP contribution in [-0.2, 0) is 32.3 Å². The van der Waals surface area contributed by atoms with Crippen LogP contribution >= 0.6 is 11.6 Å². The summed E-state index contributed by atoms with van der Waals surface area (Å²) in [5, 5.41) is 2.77. The molecule has 0 aromatic heterocycles. The topological polar surface area (TPSA) is 110 Å². The van der Waals surface area contributed by atoms with Gasteiger partial charge in [-0.15, -0.1) is 0 Å². The number of hydrogen-bond donors (Lipinski definition) is 1. The standard InChI is InChI=1S/C30H29ClF2N2O6S/c1-30(2,3)41-29(38)34-24-17-42(39,40)27-15-23(33)22(26(36)13-8-18-6-11-21(32)12-7-18)14-25(27)35(28(24)37)16-19-4-9-20(31)10-5-19/h4-7,9-12,14-15,24H,8,13,16-17H2,1-3H3,(H,34,38)/t24-/m0/s1. The average Bonchev–Trinajstić information content (AvgIpc) is 2.96. The number of amides is 2. The zero-order valence-electron chi connectivity index (χ0n) is 23.1. The summed E-state index contributed by atoms with van der Waals surface area (Å²) in [6.45, 7) is 4.66. The zero-order chi connectivity index (χ0) is 30.8. The molecule has 1 N–H and O–H groups in total. The molecular formula is C30H29ClF2N2O6S. The summed E-state index contributed by atoms with van der Waals surface area (Å²) >= 11 is 6.00. The van der Waals surface area contributed by atoms with E-state index in [9.17, 15) is 27.2 Å². The molecule has 222 valence electrons. The van der Waals surface area contributed by atoms with Gasteiger partial charge in [0.1, 0.15) is 23.3 Å². The van der Waals surface area contributed by atoms with Crippen LogP contribution in [-0.4, -0.2) is 43.6 Å². The van der Waals surface area contributed by atoms with Gasteiger partial charge in [0.15, 0.2) is 15.6 Å². The van der Waals surface area contributed by atoms with Crippen LogP contribution in [0.3, 0.4) is 0 Å². The molecule has 0 fully saturated rings. The molecule has 0 saturated heterocycles. The maximum absolute atomic E-state index is 15.3. The number of ether oxygens (including phenoxy) is 1. The molecule has 1 aliphatic rings. The van der Waals surface area contributed by atoms with Gasteiger partial charge >= 0.3 is 6.09 Å². The Morgan fingerprint density at radius 2 is 1.64 bits per heavy atom. The van der Waals surface area contributed by atoms with E-state index in [1.807, 2.05) is 0 Å². The Labute approximate surface area is 247 Å². The van der Waals surface area contributed by atoms with Crippen molar-refractivity contribution in [3.63, 3.8) is 0 Å². The number of carbonyl (C=O) groups is 3. The number of anilines is 1. The van der Waals surface area contributed by atoms with Crippen molar-refractivity contribution in [1.29, 1.82) is 0 Å². The third-order valence-corrected chi connectivity index (χ3v) is 8.45. The lowest BCUT2D eigenvalue weighted by molar-refractivity contribution is -0.120. The van der Waals surface area contributed by atoms with Gasteiger partial charge in [-0.05, 0) is 74.7 Å². The Kier molecular flexibility index (Phi) is 9.03. The van der Waals surface area contributed by atoms with Gasteiger partial charge in [0.05, 0.1) is 28.4 Å². The monoisotopic (exact) mass is 618 g/mol. The highest BCUT2D eigenvalue weighted by atomic mass is 35.5. The number of alkyl carbamates (subject to hydrolysis) is 1. The summed E-state index contributed by atoms with van der Waals surface area (Å²) in [4.78, 5) is 40.1. The second-order valence-corrected chi connectivity index (χ2v) is 13.3. The molecule has 1 atom stereocenters. The maximum atomic E-state index is 15.3. The van der Waals surface area contributed by atoms with Crippen LogP contribution < -0.4 is 10.2 Å². The second-order valence-electron chi connectivity index (χ2n) is 10.9. The molecule has 4 rings (SSSR count). The van der Waals surface area contributed by atoms with Gasteiger partial charge in [0.25, 0.3) is 5.91 Å². The first-order valence-corrected chi connectivity index (χ1v) is 15.1. The summed E-state index contributed by atoms with van der Waals surface area (Å²) in [6, 6.07) is 12.2. The molecular weight excluding hydrogens is 590 g/mol. The zero-order valence-corrected chi connectivity index (χ0v) is 24.7. The summed E-state index contributed by atoms with van der Waals surface area (Å²) in [7, 11) is -4.35. The molecule has 1 heterocycles. The largest absolute Gasteiger partial charge is 0.444 e. The van der Waals surface area contributed by atoms with Crippen LogP contribution in [0.25, 0.3) is 0 Å². The minimum absolute atomic E-state index is 0.151. The Hall–Kier alpha value is -3.83. The maximum Gasteiger partial charge on any atom is 0.408 e. The quantitative estimate of drug-likeness (QED) is 0.343. The Bertz CT molecular complexity index is 1620. The predicted octanol–water partition coefficient (Wildman–Crippen LogP) is 5.65. The van der Waals surface area contributed by atoms with Crippen LogP contribution in [0.1, 0.15) is 48.7 Å². The van der Waals surface area contributed by atoms with Crippen LogP contribution in [0.5, 0.6) is 0 Å². The number of sulfone groups is 1. The number of Topliss-reactive ketones (excluding diaryl/α,β-unsaturated/α-hetero) is 1. The fraction of sp³-hybridized carbons (Fsp3) is 0.300. The molecule has 3 aromatic rings. The first-order chi connectivity index (χ1) is 19.6. The lowest BCUT2D eigenvalue weighted by Gasteiger charge is -2.27. The number of hydrogen-bond acceptors (Lipinski definition) is 6. The number of halogens is 3. The van der Waals surface area contributed by atoms with Gasteiger partial charge in [-0.1, -0.05) is 35.9 Å². The smallest absolute Gasteiger partial charge is 0.408 e. The SMILES string of the molecule is CC(C)(C)OC(=O)N[C@H]1CS(=O)(=O)c2cc(F)c(C(=O)CCc3ccc(F)cc3)cc2N(Cc2ccc(Cl)cc2)C1=O. The average molecular weight is 619 g/mol. The molecule has 0 unspecified atom stereocenters. The van der Waals surface area contributed by atoms with E-state index in [1.165, 1.54) is 24.3 Å². The number of carbonyl (C=O) groups excluding carboxylic acids is 3. The highest BCUT2D eigenvalue weighted by Crippen LogP contribution is 2.35. The van der Waals surface area contributed by atoms with E-state index in [4.69, 9.17) is 16.3 Å². The van der Waals surface area contributed by atoms with Gasteiger partial charge in [-0.25, -0.2) is 22.0 Å².